The number of hydrogen-bond donors (Lipinski definition) is 0. The molecule has 0 aliphatic carbocycles. The van der Waals surface area contributed by atoms with Crippen molar-refractivity contribution >= 4 is 28.7 Å². The van der Waals surface area contributed by atoms with Crippen LogP contribution in [0.5, 0.6) is 11.5 Å². The molecule has 0 saturated heterocycles. The molecule has 0 aliphatic rings. The van der Waals surface area contributed by atoms with Crippen LogP contribution in [0.1, 0.15) is 5.56 Å². The minimum Gasteiger partial charge on any atom is -0.468 e. The Labute approximate surface area is 158 Å². The first-order valence-corrected chi connectivity index (χ1v) is 7.92. The molecular formula is C17H10ClF4NO5. The van der Waals surface area contributed by atoms with E-state index < -0.39 is 46.6 Å². The number of methoxy groups -OCH3 is 1. The van der Waals surface area contributed by atoms with Gasteiger partial charge in [0.25, 0.3) is 0 Å². The first kappa shape index (κ1) is 19.7. The number of oxazole rings is 1. The largest absolute Gasteiger partial charge is 0.468 e. The summed E-state index contributed by atoms with van der Waals surface area (Å²) in [6.07, 6.45) is -4.78. The third kappa shape index (κ3) is 3.81. The highest BCUT2D eigenvalue weighted by molar-refractivity contribution is 6.32. The fraction of sp³-hybridized carbons (Fsp3) is 0.176. The van der Waals surface area contributed by atoms with Crippen LogP contribution in [0.2, 0.25) is 5.02 Å². The zero-order valence-corrected chi connectivity index (χ0v) is 14.7. The summed E-state index contributed by atoms with van der Waals surface area (Å²) in [4.78, 5) is 23.3. The maximum absolute atomic E-state index is 14.1. The van der Waals surface area contributed by atoms with E-state index in [-0.39, 0.29) is 22.9 Å². The summed E-state index contributed by atoms with van der Waals surface area (Å²) >= 11 is 5.73. The number of carbonyl (C=O) groups is 1. The molecule has 28 heavy (non-hydrogen) atoms. The molecule has 0 atom stereocenters. The van der Waals surface area contributed by atoms with Crippen LogP contribution in [0.3, 0.4) is 0 Å². The van der Waals surface area contributed by atoms with Crippen molar-refractivity contribution in [2.75, 3.05) is 7.11 Å². The first-order chi connectivity index (χ1) is 13.1. The highest BCUT2D eigenvalue weighted by Gasteiger charge is 2.32. The van der Waals surface area contributed by atoms with E-state index in [1.54, 1.807) is 0 Å². The zero-order valence-electron chi connectivity index (χ0n) is 14.0. The topological polar surface area (TPSA) is 70.7 Å². The van der Waals surface area contributed by atoms with Gasteiger partial charge < -0.3 is 13.9 Å². The standard InChI is InChI=1S/C17H10ClF4NO5/c1-26-14(24)7-23-12-6-9(2-3-13(12)28-16(23)25)27-15-10(18)4-8(5-11(15)19)17(20,21)22/h2-6H,7H2,1H3. The van der Waals surface area contributed by atoms with Gasteiger partial charge in [-0.15, -0.1) is 0 Å². The second kappa shape index (κ2) is 7.19. The Kier molecular flexibility index (Phi) is 5.07. The van der Waals surface area contributed by atoms with Crippen LogP contribution in [0.25, 0.3) is 11.1 Å². The lowest BCUT2D eigenvalue weighted by Gasteiger charge is -2.12. The predicted octanol–water partition coefficient (Wildman–Crippen LogP) is 4.37. The molecule has 6 nitrogen and oxygen atoms in total. The van der Waals surface area contributed by atoms with Gasteiger partial charge in [-0.3, -0.25) is 9.36 Å². The van der Waals surface area contributed by atoms with E-state index in [0.717, 1.165) is 11.7 Å². The van der Waals surface area contributed by atoms with Crippen LogP contribution in [0, 0.1) is 5.82 Å². The number of aromatic nitrogens is 1. The van der Waals surface area contributed by atoms with E-state index in [1.807, 2.05) is 0 Å². The molecule has 11 heteroatoms. The molecule has 0 aliphatic heterocycles. The Hall–Kier alpha value is -3.01. The van der Waals surface area contributed by atoms with E-state index >= 15 is 0 Å². The second-order valence-electron chi connectivity index (χ2n) is 5.53. The fourth-order valence-corrected chi connectivity index (χ4v) is 2.63. The maximum Gasteiger partial charge on any atom is 0.420 e. The van der Waals surface area contributed by atoms with Crippen molar-refractivity contribution in [2.24, 2.45) is 0 Å². The SMILES string of the molecule is COC(=O)Cn1c(=O)oc2ccc(Oc3c(F)cc(C(F)(F)F)cc3Cl)cc21. The Morgan fingerprint density at radius 1 is 1.25 bits per heavy atom. The van der Waals surface area contributed by atoms with E-state index in [1.165, 1.54) is 18.2 Å². The Bertz CT molecular complexity index is 1100. The number of rotatable bonds is 4. The van der Waals surface area contributed by atoms with Crippen LogP contribution in [-0.2, 0) is 22.3 Å². The summed E-state index contributed by atoms with van der Waals surface area (Å²) in [5, 5.41) is -0.591. The zero-order chi connectivity index (χ0) is 20.6. The number of hydrogen-bond acceptors (Lipinski definition) is 5. The lowest BCUT2D eigenvalue weighted by Crippen LogP contribution is -2.20. The van der Waals surface area contributed by atoms with Crippen LogP contribution < -0.4 is 10.5 Å². The predicted molar refractivity (Wildman–Crippen MR) is 89.0 cm³/mol. The van der Waals surface area contributed by atoms with E-state index in [4.69, 9.17) is 20.8 Å². The molecular weight excluding hydrogens is 410 g/mol. The summed E-state index contributed by atoms with van der Waals surface area (Å²) in [6.45, 7) is -0.443. The number of nitrogens with zero attached hydrogens (tertiary/aromatic N) is 1. The van der Waals surface area contributed by atoms with Crippen molar-refractivity contribution in [1.29, 1.82) is 0 Å². The van der Waals surface area contributed by atoms with Gasteiger partial charge in [0, 0.05) is 6.07 Å². The molecule has 1 aromatic heterocycles. The molecule has 3 aromatic rings. The molecule has 0 spiro atoms. The average Bonchev–Trinajstić information content (AvgIpc) is 2.92. The van der Waals surface area contributed by atoms with Gasteiger partial charge in [0.1, 0.15) is 12.3 Å². The van der Waals surface area contributed by atoms with Gasteiger partial charge in [0.05, 0.1) is 23.2 Å². The molecule has 0 unspecified atom stereocenters. The fourth-order valence-electron chi connectivity index (χ4n) is 2.39. The molecule has 0 fully saturated rings. The number of carbonyl (C=O) groups excluding carboxylic acids is 1. The summed E-state index contributed by atoms with van der Waals surface area (Å²) in [6, 6.07) is 4.64. The molecule has 0 amide bonds. The minimum atomic E-state index is -4.78. The quantitative estimate of drug-likeness (QED) is 0.464. The second-order valence-corrected chi connectivity index (χ2v) is 5.94. The summed E-state index contributed by atoms with van der Waals surface area (Å²) in [5.74, 6) is -3.55. The normalized spacial score (nSPS) is 11.6. The molecule has 0 saturated carbocycles. The highest BCUT2D eigenvalue weighted by atomic mass is 35.5. The van der Waals surface area contributed by atoms with Gasteiger partial charge in [0.2, 0.25) is 0 Å². The molecule has 3 rings (SSSR count). The van der Waals surface area contributed by atoms with E-state index in [2.05, 4.69) is 4.74 Å². The van der Waals surface area contributed by atoms with Crippen LogP contribution in [-0.4, -0.2) is 17.6 Å². The monoisotopic (exact) mass is 419 g/mol. The van der Waals surface area contributed by atoms with E-state index in [0.29, 0.717) is 6.07 Å². The van der Waals surface area contributed by atoms with Crippen molar-refractivity contribution in [3.63, 3.8) is 0 Å². The van der Waals surface area contributed by atoms with Crippen LogP contribution in [0.4, 0.5) is 17.6 Å². The number of halogens is 5. The molecule has 0 radical (unpaired) electrons. The van der Waals surface area contributed by atoms with Crippen LogP contribution >= 0.6 is 11.6 Å². The van der Waals surface area contributed by atoms with Gasteiger partial charge in [-0.25, -0.2) is 9.18 Å². The van der Waals surface area contributed by atoms with Crippen LogP contribution in [0.15, 0.2) is 39.5 Å². The average molecular weight is 420 g/mol. The smallest absolute Gasteiger partial charge is 0.420 e. The van der Waals surface area contributed by atoms with Gasteiger partial charge in [-0.1, -0.05) is 11.6 Å². The molecule has 1 heterocycles. The minimum absolute atomic E-state index is 0.0486. The third-order valence-electron chi connectivity index (χ3n) is 3.70. The van der Waals surface area contributed by atoms with Gasteiger partial charge >= 0.3 is 17.9 Å². The van der Waals surface area contributed by atoms with Crippen molar-refractivity contribution in [3.05, 3.63) is 57.3 Å². The first-order valence-electron chi connectivity index (χ1n) is 7.54. The molecule has 2 aromatic carbocycles. The Balaban J connectivity index is 2.00. The van der Waals surface area contributed by atoms with E-state index in [9.17, 15) is 27.2 Å². The third-order valence-corrected chi connectivity index (χ3v) is 3.98. The summed E-state index contributed by atoms with van der Waals surface area (Å²) in [7, 11) is 1.14. The summed E-state index contributed by atoms with van der Waals surface area (Å²) < 4.78 is 67.9. The Morgan fingerprint density at radius 2 is 1.96 bits per heavy atom. The number of fused-ring (bicyclic) bond motifs is 1. The highest BCUT2D eigenvalue weighted by Crippen LogP contribution is 2.39. The van der Waals surface area contributed by atoms with Crippen molar-refractivity contribution in [2.45, 2.75) is 12.7 Å². The van der Waals surface area contributed by atoms with Gasteiger partial charge in [-0.2, -0.15) is 13.2 Å². The number of benzene rings is 2. The Morgan fingerprint density at radius 3 is 2.57 bits per heavy atom. The maximum atomic E-state index is 14.1. The lowest BCUT2D eigenvalue weighted by atomic mass is 10.2. The molecule has 0 bridgehead atoms. The van der Waals surface area contributed by atoms with Gasteiger partial charge in [0.15, 0.2) is 17.1 Å². The summed E-state index contributed by atoms with van der Waals surface area (Å²) in [5.41, 5.74) is -1.02. The molecule has 148 valence electrons. The number of ether oxygens (including phenoxy) is 2. The number of esters is 1. The molecule has 0 N–H and O–H groups in total. The van der Waals surface area contributed by atoms with Crippen molar-refractivity contribution in [3.8, 4) is 11.5 Å². The lowest BCUT2D eigenvalue weighted by molar-refractivity contribution is -0.141. The number of alkyl halides is 3. The van der Waals surface area contributed by atoms with Crippen molar-refractivity contribution in [1.82, 2.24) is 4.57 Å². The van der Waals surface area contributed by atoms with Crippen molar-refractivity contribution < 1.29 is 36.2 Å². The van der Waals surface area contributed by atoms with Gasteiger partial charge in [-0.05, 0) is 24.3 Å².